The normalized spacial score (nSPS) is 15.1. The first-order valence-corrected chi connectivity index (χ1v) is 12.8. The molecule has 0 aliphatic carbocycles. The van der Waals surface area contributed by atoms with E-state index in [4.69, 9.17) is 4.74 Å². The summed E-state index contributed by atoms with van der Waals surface area (Å²) in [5.41, 5.74) is 3.12. The zero-order chi connectivity index (χ0) is 22.7. The van der Waals surface area contributed by atoms with Crippen LogP contribution >= 0.6 is 11.3 Å². The molecule has 0 bridgehead atoms. The summed E-state index contributed by atoms with van der Waals surface area (Å²) in [7, 11) is -2.18. The molecule has 0 spiro atoms. The van der Waals surface area contributed by atoms with Crippen molar-refractivity contribution in [3.05, 3.63) is 81.5 Å². The molecule has 8 heteroatoms. The van der Waals surface area contributed by atoms with E-state index in [1.54, 1.807) is 12.5 Å². The number of nitrogens with one attached hydrogen (secondary N) is 1. The quantitative estimate of drug-likeness (QED) is 0.556. The van der Waals surface area contributed by atoms with Crippen LogP contribution in [-0.4, -0.2) is 32.3 Å². The van der Waals surface area contributed by atoms with Crippen molar-refractivity contribution in [3.8, 4) is 5.75 Å². The van der Waals surface area contributed by atoms with Gasteiger partial charge in [0.2, 0.25) is 10.0 Å². The van der Waals surface area contributed by atoms with Crippen LogP contribution in [0.4, 0.5) is 0 Å². The smallest absolute Gasteiger partial charge is 0.263 e. The number of hydrogen-bond acceptors (Lipinski definition) is 5. The second-order valence-electron chi connectivity index (χ2n) is 7.68. The molecule has 1 amide bonds. The van der Waals surface area contributed by atoms with Crippen molar-refractivity contribution in [2.24, 2.45) is 0 Å². The summed E-state index contributed by atoms with van der Waals surface area (Å²) >= 11 is 1.15. The summed E-state index contributed by atoms with van der Waals surface area (Å²) in [4.78, 5) is 13.4. The number of fused-ring (bicyclic) bond motifs is 1. The molecule has 0 saturated carbocycles. The summed E-state index contributed by atoms with van der Waals surface area (Å²) < 4.78 is 33.5. The van der Waals surface area contributed by atoms with E-state index in [2.05, 4.69) is 5.32 Å². The van der Waals surface area contributed by atoms with E-state index in [0.717, 1.165) is 28.2 Å². The molecule has 2 heterocycles. The van der Waals surface area contributed by atoms with Gasteiger partial charge in [-0.05, 0) is 53.1 Å². The summed E-state index contributed by atoms with van der Waals surface area (Å²) in [5, 5.41) is 4.66. The van der Waals surface area contributed by atoms with E-state index >= 15 is 0 Å². The zero-order valence-corrected chi connectivity index (χ0v) is 19.7. The van der Waals surface area contributed by atoms with Crippen molar-refractivity contribution in [3.63, 3.8) is 0 Å². The fraction of sp³-hybridized carbons (Fsp3) is 0.292. The number of hydrogen-bond donors (Lipinski definition) is 1. The summed E-state index contributed by atoms with van der Waals surface area (Å²) in [6, 6.07) is 16.7. The second-order valence-corrected chi connectivity index (χ2v) is 10.5. The monoisotopic (exact) mass is 470 g/mol. The van der Waals surface area contributed by atoms with Gasteiger partial charge in [0.05, 0.1) is 13.2 Å². The van der Waals surface area contributed by atoms with Gasteiger partial charge in [-0.1, -0.05) is 43.3 Å². The maximum Gasteiger partial charge on any atom is 0.263 e. The van der Waals surface area contributed by atoms with Crippen LogP contribution in [0.3, 0.4) is 0 Å². The number of benzene rings is 2. The third-order valence-electron chi connectivity index (χ3n) is 5.78. The van der Waals surface area contributed by atoms with Gasteiger partial charge in [-0.25, -0.2) is 8.42 Å². The molecule has 3 aromatic rings. The fourth-order valence-corrected chi connectivity index (χ4v) is 6.68. The Morgan fingerprint density at radius 3 is 2.53 bits per heavy atom. The van der Waals surface area contributed by atoms with Gasteiger partial charge >= 0.3 is 0 Å². The van der Waals surface area contributed by atoms with Gasteiger partial charge in [-0.15, -0.1) is 11.3 Å². The molecule has 1 atom stereocenters. The Kier molecular flexibility index (Phi) is 6.64. The van der Waals surface area contributed by atoms with Crippen LogP contribution in [-0.2, 0) is 23.0 Å². The lowest BCUT2D eigenvalue weighted by molar-refractivity contribution is 0.0936. The van der Waals surface area contributed by atoms with Crippen LogP contribution in [0, 0.1) is 0 Å². The zero-order valence-electron chi connectivity index (χ0n) is 18.1. The lowest BCUT2D eigenvalue weighted by Crippen LogP contribution is -2.37. The minimum absolute atomic E-state index is 0.0731. The Hall–Kier alpha value is -2.68. The van der Waals surface area contributed by atoms with Crippen molar-refractivity contribution in [2.75, 3.05) is 13.7 Å². The lowest BCUT2D eigenvalue weighted by atomic mass is 10.0. The second kappa shape index (κ2) is 9.44. The highest BCUT2D eigenvalue weighted by Crippen LogP contribution is 2.30. The molecule has 0 radical (unpaired) electrons. The summed E-state index contributed by atoms with van der Waals surface area (Å²) in [6.07, 6.45) is 1.34. The van der Waals surface area contributed by atoms with E-state index in [1.165, 1.54) is 15.9 Å². The Morgan fingerprint density at radius 1 is 1.12 bits per heavy atom. The molecule has 32 heavy (non-hydrogen) atoms. The summed E-state index contributed by atoms with van der Waals surface area (Å²) in [5.74, 6) is 0.364. The lowest BCUT2D eigenvalue weighted by Gasteiger charge is -2.28. The minimum Gasteiger partial charge on any atom is -0.497 e. The van der Waals surface area contributed by atoms with E-state index < -0.39 is 10.0 Å². The Morgan fingerprint density at radius 2 is 1.84 bits per heavy atom. The van der Waals surface area contributed by atoms with Crippen LogP contribution in [0.25, 0.3) is 0 Å². The van der Waals surface area contributed by atoms with Crippen molar-refractivity contribution >= 4 is 27.3 Å². The molecule has 1 aliphatic rings. The molecule has 4 rings (SSSR count). The fourth-order valence-electron chi connectivity index (χ4n) is 3.96. The highest BCUT2D eigenvalue weighted by atomic mass is 32.2. The van der Waals surface area contributed by atoms with Gasteiger partial charge in [0.25, 0.3) is 5.91 Å². The van der Waals surface area contributed by atoms with Crippen LogP contribution in [0.5, 0.6) is 5.75 Å². The Labute approximate surface area is 192 Å². The maximum atomic E-state index is 13.4. The molecule has 1 aromatic heterocycles. The molecular weight excluding hydrogens is 444 g/mol. The third kappa shape index (κ3) is 4.44. The minimum atomic E-state index is -3.79. The average Bonchev–Trinajstić information content (AvgIpc) is 3.33. The number of nitrogens with zero attached hydrogens (tertiary/aromatic N) is 1. The van der Waals surface area contributed by atoms with Crippen LogP contribution in [0.1, 0.15) is 45.7 Å². The molecule has 0 saturated heterocycles. The first kappa shape index (κ1) is 22.5. The Bertz CT molecular complexity index is 1200. The predicted octanol–water partition coefficient (Wildman–Crippen LogP) is 4.38. The first-order chi connectivity index (χ1) is 15.4. The van der Waals surface area contributed by atoms with Crippen LogP contribution in [0.2, 0.25) is 0 Å². The SMILES string of the molecule is CCC(NC(=O)c1sccc1S(=O)(=O)N1CCc2ccccc2C1)c1ccc(OC)cc1. The van der Waals surface area contributed by atoms with E-state index in [9.17, 15) is 13.2 Å². The predicted molar refractivity (Wildman–Crippen MR) is 126 cm³/mol. The van der Waals surface area contributed by atoms with Gasteiger partial charge in [-0.2, -0.15) is 4.31 Å². The van der Waals surface area contributed by atoms with E-state index in [0.29, 0.717) is 25.9 Å². The van der Waals surface area contributed by atoms with Crippen LogP contribution < -0.4 is 10.1 Å². The number of thiophene rings is 1. The average molecular weight is 471 g/mol. The number of methoxy groups -OCH3 is 1. The van der Waals surface area contributed by atoms with Gasteiger partial charge in [0.15, 0.2) is 0 Å². The number of amides is 1. The van der Waals surface area contributed by atoms with Crippen molar-refractivity contribution in [2.45, 2.75) is 37.2 Å². The molecule has 1 N–H and O–H groups in total. The largest absolute Gasteiger partial charge is 0.497 e. The highest BCUT2D eigenvalue weighted by Gasteiger charge is 2.32. The molecule has 2 aromatic carbocycles. The number of carbonyl (C=O) groups is 1. The van der Waals surface area contributed by atoms with Crippen molar-refractivity contribution in [1.82, 2.24) is 9.62 Å². The van der Waals surface area contributed by atoms with E-state index in [1.807, 2.05) is 55.5 Å². The topological polar surface area (TPSA) is 75.7 Å². The van der Waals surface area contributed by atoms with E-state index in [-0.39, 0.29) is 21.7 Å². The molecule has 6 nitrogen and oxygen atoms in total. The third-order valence-corrected chi connectivity index (χ3v) is 8.71. The molecule has 1 unspecified atom stereocenters. The van der Waals surface area contributed by atoms with Gasteiger partial charge in [0.1, 0.15) is 15.5 Å². The van der Waals surface area contributed by atoms with Crippen LogP contribution in [0.15, 0.2) is 64.9 Å². The number of rotatable bonds is 7. The van der Waals surface area contributed by atoms with Gasteiger partial charge in [0, 0.05) is 13.1 Å². The molecule has 1 aliphatic heterocycles. The summed E-state index contributed by atoms with van der Waals surface area (Å²) in [6.45, 7) is 2.70. The number of sulfonamides is 1. The number of ether oxygens (including phenoxy) is 1. The highest BCUT2D eigenvalue weighted by molar-refractivity contribution is 7.89. The molecular formula is C24H26N2O4S2. The van der Waals surface area contributed by atoms with Gasteiger partial charge in [-0.3, -0.25) is 4.79 Å². The standard InChI is InChI=1S/C24H26N2O4S2/c1-3-21(18-8-10-20(30-2)11-9-18)25-24(27)23-22(13-15-31-23)32(28,29)26-14-12-17-6-4-5-7-19(17)16-26/h4-11,13,15,21H,3,12,14,16H2,1-2H3,(H,25,27). The van der Waals surface area contributed by atoms with Crippen molar-refractivity contribution in [1.29, 1.82) is 0 Å². The van der Waals surface area contributed by atoms with Crippen molar-refractivity contribution < 1.29 is 17.9 Å². The molecule has 168 valence electrons. The molecule has 0 fully saturated rings. The first-order valence-electron chi connectivity index (χ1n) is 10.5. The van der Waals surface area contributed by atoms with Gasteiger partial charge < -0.3 is 10.1 Å². The maximum absolute atomic E-state index is 13.4. The Balaban J connectivity index is 1.55. The number of carbonyl (C=O) groups excluding carboxylic acids is 1.